The minimum Gasteiger partial charge on any atom is -0.487 e. The maximum absolute atomic E-state index is 13.1. The highest BCUT2D eigenvalue weighted by Crippen LogP contribution is 2.34. The lowest BCUT2D eigenvalue weighted by Gasteiger charge is -2.34. The third-order valence-electron chi connectivity index (χ3n) is 9.53. The molecule has 0 unspecified atom stereocenters. The zero-order chi connectivity index (χ0) is 38.3. The van der Waals surface area contributed by atoms with Crippen LogP contribution in [0.5, 0.6) is 29.0 Å². The molecule has 0 saturated carbocycles. The lowest BCUT2D eigenvalue weighted by molar-refractivity contribution is -0.127. The number of hydrogen-bond acceptors (Lipinski definition) is 7. The standard InChI is InChI=1S/C45H42Cl2N4O4.ClH/c1-30(2)34-10-13-37(14-11-34)54-43-17-12-35-25-33(8-16-41(35)49-43)28-50-20-22-51(23-21-50)44(52)19-9-32-24-31(3)45(40(47)26-32)55-42-18-15-38(27-48-42)53-29-36-6-4-5-7-39(36)46;/h4-19,24-27,30H,20-23,28-29H2,1-3H3;1H/b19-9+;. The number of aryl methyl sites for hydroxylation is 1. The molecule has 0 spiro atoms. The molecule has 1 amide bonds. The Morgan fingerprint density at radius 1 is 0.821 bits per heavy atom. The van der Waals surface area contributed by atoms with Gasteiger partial charge in [0.05, 0.1) is 16.7 Å². The Bertz CT molecular complexity index is 2290. The molecule has 288 valence electrons. The van der Waals surface area contributed by atoms with E-state index in [4.69, 9.17) is 42.4 Å². The van der Waals surface area contributed by atoms with Gasteiger partial charge >= 0.3 is 0 Å². The fourth-order valence-corrected chi connectivity index (χ4v) is 6.89. The number of fused-ring (bicyclic) bond motifs is 1. The molecule has 11 heteroatoms. The fourth-order valence-electron chi connectivity index (χ4n) is 6.39. The molecule has 0 atom stereocenters. The van der Waals surface area contributed by atoms with Gasteiger partial charge in [-0.25, -0.2) is 9.97 Å². The number of hydrogen-bond donors (Lipinski definition) is 0. The summed E-state index contributed by atoms with van der Waals surface area (Å²) in [5.74, 6) is 3.27. The van der Waals surface area contributed by atoms with Gasteiger partial charge in [0, 0.05) is 66.9 Å². The molecule has 3 heterocycles. The molecule has 1 fully saturated rings. The topological polar surface area (TPSA) is 77.0 Å². The van der Waals surface area contributed by atoms with Crippen LogP contribution < -0.4 is 14.2 Å². The lowest BCUT2D eigenvalue weighted by atomic mass is 10.0. The number of halogens is 3. The van der Waals surface area contributed by atoms with Crippen LogP contribution in [-0.4, -0.2) is 51.9 Å². The average Bonchev–Trinajstić information content (AvgIpc) is 3.19. The normalized spacial score (nSPS) is 13.2. The molecule has 6 aromatic rings. The number of piperazine rings is 1. The molecule has 1 saturated heterocycles. The van der Waals surface area contributed by atoms with E-state index in [1.54, 1.807) is 36.5 Å². The van der Waals surface area contributed by atoms with Gasteiger partial charge in [0.15, 0.2) is 5.75 Å². The minimum absolute atomic E-state index is 0. The van der Waals surface area contributed by atoms with Gasteiger partial charge in [-0.3, -0.25) is 9.69 Å². The number of pyridine rings is 2. The highest BCUT2D eigenvalue weighted by Gasteiger charge is 2.20. The molecule has 0 radical (unpaired) electrons. The van der Waals surface area contributed by atoms with Crippen LogP contribution in [-0.2, 0) is 17.9 Å². The third-order valence-corrected chi connectivity index (χ3v) is 10.2. The summed E-state index contributed by atoms with van der Waals surface area (Å²) >= 11 is 12.9. The SMILES string of the molecule is Cc1cc(/C=C/C(=O)N2CCN(Cc3ccc4nc(Oc5ccc(C(C)C)cc5)ccc4c3)CC2)cc(Cl)c1Oc1ccc(OCc2ccccc2Cl)cn1.Cl. The summed E-state index contributed by atoms with van der Waals surface area (Å²) in [7, 11) is 0. The van der Waals surface area contributed by atoms with Gasteiger partial charge in [-0.1, -0.05) is 73.4 Å². The van der Waals surface area contributed by atoms with E-state index in [1.165, 1.54) is 11.1 Å². The summed E-state index contributed by atoms with van der Waals surface area (Å²) in [5, 5.41) is 2.14. The van der Waals surface area contributed by atoms with Crippen LogP contribution in [0.3, 0.4) is 0 Å². The maximum atomic E-state index is 13.1. The summed E-state index contributed by atoms with van der Waals surface area (Å²) in [4.78, 5) is 26.5. The van der Waals surface area contributed by atoms with Gasteiger partial charge in [-0.2, -0.15) is 0 Å². The molecule has 0 aliphatic carbocycles. The molecule has 7 rings (SSSR count). The quantitative estimate of drug-likeness (QED) is 0.114. The molecule has 1 aliphatic heterocycles. The Kier molecular flexibility index (Phi) is 13.5. The van der Waals surface area contributed by atoms with E-state index in [9.17, 15) is 4.79 Å². The second-order valence-electron chi connectivity index (χ2n) is 13.9. The van der Waals surface area contributed by atoms with Crippen LogP contribution in [0.1, 0.15) is 47.6 Å². The fraction of sp³-hybridized carbons (Fsp3) is 0.222. The number of nitrogens with zero attached hydrogens (tertiary/aromatic N) is 4. The Balaban J connectivity index is 0.00000532. The average molecular weight is 810 g/mol. The summed E-state index contributed by atoms with van der Waals surface area (Å²) in [6.45, 7) is 10.3. The number of aromatic nitrogens is 2. The van der Waals surface area contributed by atoms with Gasteiger partial charge < -0.3 is 19.1 Å². The zero-order valence-corrected chi connectivity index (χ0v) is 33.8. The monoisotopic (exact) mass is 808 g/mol. The van der Waals surface area contributed by atoms with Gasteiger partial charge in [0.2, 0.25) is 17.7 Å². The molecule has 0 bridgehead atoms. The Morgan fingerprint density at radius 2 is 1.57 bits per heavy atom. The van der Waals surface area contributed by atoms with E-state index in [1.807, 2.05) is 66.4 Å². The van der Waals surface area contributed by atoms with Crippen LogP contribution in [0.2, 0.25) is 10.0 Å². The first-order valence-corrected chi connectivity index (χ1v) is 19.1. The minimum atomic E-state index is -0.0273. The first kappa shape index (κ1) is 40.5. The van der Waals surface area contributed by atoms with Crippen molar-refractivity contribution in [2.24, 2.45) is 0 Å². The smallest absolute Gasteiger partial charge is 0.246 e. The number of carbonyl (C=O) groups excluding carboxylic acids is 1. The largest absolute Gasteiger partial charge is 0.487 e. The Hall–Kier alpha value is -5.12. The van der Waals surface area contributed by atoms with Crippen molar-refractivity contribution in [1.82, 2.24) is 19.8 Å². The predicted molar refractivity (Wildman–Crippen MR) is 227 cm³/mol. The predicted octanol–water partition coefficient (Wildman–Crippen LogP) is 11.3. The molecular formula is C45H43Cl3N4O4. The van der Waals surface area contributed by atoms with E-state index in [0.717, 1.165) is 53.0 Å². The second-order valence-corrected chi connectivity index (χ2v) is 14.7. The van der Waals surface area contributed by atoms with Crippen LogP contribution in [0.25, 0.3) is 17.0 Å². The molecule has 1 aliphatic rings. The molecule has 2 aromatic heterocycles. The van der Waals surface area contributed by atoms with E-state index in [2.05, 4.69) is 54.1 Å². The summed E-state index contributed by atoms with van der Waals surface area (Å²) in [6, 6.07) is 33.2. The Morgan fingerprint density at radius 3 is 2.29 bits per heavy atom. The van der Waals surface area contributed by atoms with Crippen molar-refractivity contribution in [1.29, 1.82) is 0 Å². The van der Waals surface area contributed by atoms with Gasteiger partial charge in [0.25, 0.3) is 0 Å². The third kappa shape index (κ3) is 10.4. The second kappa shape index (κ2) is 18.7. The number of rotatable bonds is 12. The van der Waals surface area contributed by atoms with Crippen molar-refractivity contribution in [3.05, 3.63) is 153 Å². The van der Waals surface area contributed by atoms with Gasteiger partial charge in [-0.05, 0) is 95.8 Å². The van der Waals surface area contributed by atoms with E-state index < -0.39 is 0 Å². The first-order chi connectivity index (χ1) is 26.7. The number of benzene rings is 4. The summed E-state index contributed by atoms with van der Waals surface area (Å²) in [6.07, 6.45) is 5.00. The number of ether oxygens (including phenoxy) is 3. The lowest BCUT2D eigenvalue weighted by Crippen LogP contribution is -2.47. The highest BCUT2D eigenvalue weighted by atomic mass is 35.5. The number of amides is 1. The van der Waals surface area contributed by atoms with E-state index in [-0.39, 0.29) is 18.3 Å². The zero-order valence-electron chi connectivity index (χ0n) is 31.5. The molecule has 4 aromatic carbocycles. The van der Waals surface area contributed by atoms with Gasteiger partial charge in [-0.15, -0.1) is 12.4 Å². The molecule has 8 nitrogen and oxygen atoms in total. The van der Waals surface area contributed by atoms with Gasteiger partial charge in [0.1, 0.15) is 18.1 Å². The van der Waals surface area contributed by atoms with Crippen molar-refractivity contribution < 1.29 is 19.0 Å². The van der Waals surface area contributed by atoms with E-state index >= 15 is 0 Å². The number of carbonyl (C=O) groups is 1. The van der Waals surface area contributed by atoms with Crippen LogP contribution in [0, 0.1) is 6.92 Å². The maximum Gasteiger partial charge on any atom is 0.246 e. The first-order valence-electron chi connectivity index (χ1n) is 18.3. The van der Waals surface area contributed by atoms with Crippen molar-refractivity contribution in [2.45, 2.75) is 39.8 Å². The van der Waals surface area contributed by atoms with Crippen molar-refractivity contribution in [2.75, 3.05) is 26.2 Å². The van der Waals surface area contributed by atoms with Crippen LogP contribution >= 0.6 is 35.6 Å². The van der Waals surface area contributed by atoms with Crippen molar-refractivity contribution >= 4 is 58.5 Å². The van der Waals surface area contributed by atoms with Crippen molar-refractivity contribution in [3.8, 4) is 29.0 Å². The van der Waals surface area contributed by atoms with E-state index in [0.29, 0.717) is 58.9 Å². The van der Waals surface area contributed by atoms with Crippen LogP contribution in [0.15, 0.2) is 115 Å². The van der Waals surface area contributed by atoms with Crippen molar-refractivity contribution in [3.63, 3.8) is 0 Å². The Labute approximate surface area is 344 Å². The summed E-state index contributed by atoms with van der Waals surface area (Å²) < 4.78 is 17.9. The molecular weight excluding hydrogens is 767 g/mol. The highest BCUT2D eigenvalue weighted by molar-refractivity contribution is 6.32. The molecule has 56 heavy (non-hydrogen) atoms. The summed E-state index contributed by atoms with van der Waals surface area (Å²) in [5.41, 5.74) is 5.89. The van der Waals surface area contributed by atoms with Crippen LogP contribution in [0.4, 0.5) is 0 Å². The molecule has 0 N–H and O–H groups in total.